The van der Waals surface area contributed by atoms with E-state index >= 15 is 0 Å². The fourth-order valence-electron chi connectivity index (χ4n) is 6.36. The van der Waals surface area contributed by atoms with E-state index in [-0.39, 0.29) is 24.2 Å². The first kappa shape index (κ1) is 21.9. The van der Waals surface area contributed by atoms with E-state index in [1.54, 1.807) is 24.3 Å². The van der Waals surface area contributed by atoms with E-state index < -0.39 is 15.1 Å². The third-order valence-electron chi connectivity index (χ3n) is 7.73. The Hall–Kier alpha value is -1.35. The lowest BCUT2D eigenvalue weighted by Gasteiger charge is -2.54. The van der Waals surface area contributed by atoms with Crippen LogP contribution in [0.2, 0.25) is 0 Å². The maximum Gasteiger partial charge on any atom is 0.182 e. The molecule has 1 aromatic carbocycles. The molecule has 0 amide bonds. The van der Waals surface area contributed by atoms with Gasteiger partial charge in [-0.25, -0.2) is 8.42 Å². The van der Waals surface area contributed by atoms with Crippen molar-refractivity contribution >= 4 is 9.84 Å². The van der Waals surface area contributed by atoms with Gasteiger partial charge in [0.25, 0.3) is 0 Å². The predicted molar refractivity (Wildman–Crippen MR) is 120 cm³/mol. The Morgan fingerprint density at radius 2 is 1.97 bits per heavy atom. The Balaban J connectivity index is 1.73. The molecule has 2 aliphatic heterocycles. The van der Waals surface area contributed by atoms with Gasteiger partial charge in [-0.3, -0.25) is 4.90 Å². The van der Waals surface area contributed by atoms with Gasteiger partial charge in [0, 0.05) is 12.0 Å². The van der Waals surface area contributed by atoms with Crippen LogP contribution in [0.5, 0.6) is 0 Å². The summed E-state index contributed by atoms with van der Waals surface area (Å²) < 4.78 is 27.3. The summed E-state index contributed by atoms with van der Waals surface area (Å²) in [6.45, 7) is 2.05. The molecular formula is C25H35NO3S. The van der Waals surface area contributed by atoms with Crippen molar-refractivity contribution in [1.29, 1.82) is 0 Å². The first-order valence-corrected chi connectivity index (χ1v) is 13.3. The highest BCUT2D eigenvalue weighted by Gasteiger charge is 2.62. The van der Waals surface area contributed by atoms with Crippen molar-refractivity contribution < 1.29 is 13.5 Å². The molecule has 3 aliphatic rings. The molecule has 5 atom stereocenters. The van der Waals surface area contributed by atoms with Crippen LogP contribution >= 0.6 is 0 Å². The predicted octanol–water partition coefficient (Wildman–Crippen LogP) is 4.18. The summed E-state index contributed by atoms with van der Waals surface area (Å²) in [4.78, 5) is 2.77. The third kappa shape index (κ3) is 3.72. The zero-order valence-corrected chi connectivity index (χ0v) is 18.9. The second kappa shape index (κ2) is 9.02. The lowest BCUT2D eigenvalue weighted by molar-refractivity contribution is -0.0512. The van der Waals surface area contributed by atoms with Crippen LogP contribution in [0.4, 0.5) is 0 Å². The molecule has 4 rings (SSSR count). The summed E-state index contributed by atoms with van der Waals surface area (Å²) in [5.41, 5.74) is -0.124. The van der Waals surface area contributed by atoms with E-state index in [0.717, 1.165) is 44.9 Å². The van der Waals surface area contributed by atoms with Gasteiger partial charge in [0.15, 0.2) is 9.84 Å². The molecule has 0 bridgehead atoms. The fourth-order valence-corrected chi connectivity index (χ4v) is 8.38. The topological polar surface area (TPSA) is 57.6 Å². The fraction of sp³-hybridized carbons (Fsp3) is 0.680. The Morgan fingerprint density at radius 1 is 1.17 bits per heavy atom. The highest BCUT2D eigenvalue weighted by molar-refractivity contribution is 7.92. The molecular weight excluding hydrogens is 394 g/mol. The normalized spacial score (nSPS) is 33.9. The van der Waals surface area contributed by atoms with E-state index in [1.165, 1.54) is 12.8 Å². The summed E-state index contributed by atoms with van der Waals surface area (Å²) in [5, 5.41) is 9.88. The molecule has 2 saturated heterocycles. The summed E-state index contributed by atoms with van der Waals surface area (Å²) in [6.07, 6.45) is 10.4. The third-order valence-corrected chi connectivity index (χ3v) is 9.94. The molecule has 1 spiro atoms. The van der Waals surface area contributed by atoms with Gasteiger partial charge < -0.3 is 5.11 Å². The molecule has 3 fully saturated rings. The van der Waals surface area contributed by atoms with Crippen LogP contribution in [0.3, 0.4) is 0 Å². The first-order chi connectivity index (χ1) is 14.5. The van der Waals surface area contributed by atoms with E-state index in [9.17, 15) is 13.5 Å². The van der Waals surface area contributed by atoms with Gasteiger partial charge in [0.1, 0.15) is 0 Å². The molecule has 2 heterocycles. The van der Waals surface area contributed by atoms with E-state index in [2.05, 4.69) is 23.7 Å². The molecule has 1 saturated carbocycles. The van der Waals surface area contributed by atoms with Crippen molar-refractivity contribution in [1.82, 2.24) is 4.90 Å². The van der Waals surface area contributed by atoms with Gasteiger partial charge in [-0.05, 0) is 56.6 Å². The maximum absolute atomic E-state index is 13.7. The highest BCUT2D eigenvalue weighted by Crippen LogP contribution is 2.55. The van der Waals surface area contributed by atoms with Crippen LogP contribution in [0.1, 0.15) is 71.1 Å². The average molecular weight is 430 g/mol. The molecule has 1 N–H and O–H groups in total. The van der Waals surface area contributed by atoms with Crippen LogP contribution in [0.25, 0.3) is 0 Å². The lowest BCUT2D eigenvalue weighted by atomic mass is 9.66. The monoisotopic (exact) mass is 429 g/mol. The van der Waals surface area contributed by atoms with Crippen molar-refractivity contribution in [3.8, 4) is 11.8 Å². The van der Waals surface area contributed by atoms with Gasteiger partial charge in [0.05, 0.1) is 28.8 Å². The Labute approximate surface area is 182 Å². The van der Waals surface area contributed by atoms with Crippen LogP contribution in [-0.2, 0) is 9.84 Å². The van der Waals surface area contributed by atoms with Crippen molar-refractivity contribution in [2.24, 2.45) is 5.92 Å². The molecule has 4 nitrogen and oxygen atoms in total. The minimum Gasteiger partial charge on any atom is -0.395 e. The zero-order valence-electron chi connectivity index (χ0n) is 18.1. The minimum atomic E-state index is -3.52. The summed E-state index contributed by atoms with van der Waals surface area (Å²) in [7, 11) is -3.52. The Kier molecular flexibility index (Phi) is 6.58. The summed E-state index contributed by atoms with van der Waals surface area (Å²) in [5.74, 6) is 7.39. The number of rotatable bonds is 5. The first-order valence-electron chi connectivity index (χ1n) is 11.7. The zero-order chi connectivity index (χ0) is 21.2. The molecule has 0 radical (unpaired) electrons. The van der Waals surface area contributed by atoms with Crippen molar-refractivity contribution in [2.75, 3.05) is 6.61 Å². The highest BCUT2D eigenvalue weighted by atomic mass is 32.2. The smallest absolute Gasteiger partial charge is 0.182 e. The summed E-state index contributed by atoms with van der Waals surface area (Å²) >= 11 is 0. The number of hydrogen-bond acceptors (Lipinski definition) is 4. The number of aliphatic hydroxyl groups excluding tert-OH is 1. The largest absolute Gasteiger partial charge is 0.395 e. The van der Waals surface area contributed by atoms with E-state index in [4.69, 9.17) is 0 Å². The molecule has 5 heteroatoms. The van der Waals surface area contributed by atoms with Crippen molar-refractivity contribution in [2.45, 2.75) is 98.9 Å². The molecule has 3 unspecified atom stereocenters. The van der Waals surface area contributed by atoms with Crippen LogP contribution in [0, 0.1) is 17.8 Å². The van der Waals surface area contributed by atoms with Gasteiger partial charge in [0.2, 0.25) is 0 Å². The second-order valence-electron chi connectivity index (χ2n) is 9.32. The molecule has 30 heavy (non-hydrogen) atoms. The average Bonchev–Trinajstić information content (AvgIpc) is 3.12. The molecule has 164 valence electrons. The number of piperidine rings is 1. The number of unbranched alkanes of at least 4 members (excludes halogenated alkanes) is 2. The number of nitrogens with zero attached hydrogens (tertiary/aromatic N) is 1. The number of aliphatic hydroxyl groups is 1. The molecule has 1 aliphatic carbocycles. The second-order valence-corrected chi connectivity index (χ2v) is 11.5. The number of sulfone groups is 1. The van der Waals surface area contributed by atoms with Gasteiger partial charge in [-0.15, -0.1) is 5.92 Å². The lowest BCUT2D eigenvalue weighted by Crippen LogP contribution is -2.61. The van der Waals surface area contributed by atoms with Crippen molar-refractivity contribution in [3.63, 3.8) is 0 Å². The Bertz CT molecular complexity index is 888. The standard InChI is InChI=1S/C25H35NO3S/c1-2-3-4-6-12-21-16-15-20-11-9-10-17-25(20)18-24(23(19-27)26(21)25)30(28,29)22-13-7-5-8-14-22/h5,7-8,13-14,20-21,23-24,27H,2-4,9-11,15-19H2,1H3/t20?,21?,23-,24+,25?/m0/s1. The van der Waals surface area contributed by atoms with Crippen molar-refractivity contribution in [3.05, 3.63) is 30.3 Å². The van der Waals surface area contributed by atoms with E-state index in [0.29, 0.717) is 17.2 Å². The minimum absolute atomic E-state index is 0.0596. The maximum atomic E-state index is 13.7. The van der Waals surface area contributed by atoms with E-state index in [1.807, 2.05) is 6.07 Å². The number of hydrogen-bond donors (Lipinski definition) is 1. The van der Waals surface area contributed by atoms with Gasteiger partial charge in [-0.2, -0.15) is 0 Å². The van der Waals surface area contributed by atoms with Gasteiger partial charge >= 0.3 is 0 Å². The van der Waals surface area contributed by atoms with Crippen LogP contribution < -0.4 is 0 Å². The van der Waals surface area contributed by atoms with Crippen LogP contribution in [0.15, 0.2) is 35.2 Å². The SMILES string of the molecule is CCCCC#CC1CCC2CCCCC23C[C@@H](S(=O)(=O)c2ccccc2)[C@H](CO)N13. The molecule has 0 aromatic heterocycles. The number of benzene rings is 1. The summed E-state index contributed by atoms with van der Waals surface area (Å²) in [6, 6.07) is 8.49. The van der Waals surface area contributed by atoms with Gasteiger partial charge in [-0.1, -0.05) is 50.3 Å². The molecule has 1 aromatic rings. The quantitative estimate of drug-likeness (QED) is 0.563. The Morgan fingerprint density at radius 3 is 2.70 bits per heavy atom. The van der Waals surface area contributed by atoms with Crippen LogP contribution in [-0.4, -0.2) is 47.9 Å².